The lowest BCUT2D eigenvalue weighted by Crippen LogP contribution is -2.28. The Morgan fingerprint density at radius 3 is 2.65 bits per heavy atom. The second-order valence-electron chi connectivity index (χ2n) is 3.80. The molecule has 0 saturated carbocycles. The van der Waals surface area contributed by atoms with Crippen molar-refractivity contribution in [2.45, 2.75) is 17.7 Å². The average Bonchev–Trinajstić information content (AvgIpc) is 2.29. The number of rotatable bonds is 6. The molecule has 5 heteroatoms. The van der Waals surface area contributed by atoms with E-state index in [4.69, 9.17) is 5.73 Å². The van der Waals surface area contributed by atoms with Gasteiger partial charge >= 0.3 is 0 Å². The number of benzene rings is 1. The highest BCUT2D eigenvalue weighted by Gasteiger charge is 2.22. The van der Waals surface area contributed by atoms with Crippen molar-refractivity contribution >= 4 is 15.7 Å². The minimum Gasteiger partial charge on any atom is -0.398 e. The first-order chi connectivity index (χ1) is 8.00. The van der Waals surface area contributed by atoms with Gasteiger partial charge < -0.3 is 5.73 Å². The van der Waals surface area contributed by atoms with Crippen molar-refractivity contribution in [2.24, 2.45) is 0 Å². The molecule has 1 rings (SSSR count). The molecule has 0 atom stereocenters. The summed E-state index contributed by atoms with van der Waals surface area (Å²) in [6.07, 6.45) is 3.33. The van der Waals surface area contributed by atoms with Crippen LogP contribution in [0.1, 0.15) is 12.8 Å². The van der Waals surface area contributed by atoms with Crippen molar-refractivity contribution in [1.29, 1.82) is 0 Å². The zero-order valence-corrected chi connectivity index (χ0v) is 10.8. The van der Waals surface area contributed by atoms with E-state index < -0.39 is 10.0 Å². The first-order valence-electron chi connectivity index (χ1n) is 5.42. The summed E-state index contributed by atoms with van der Waals surface area (Å²) in [5.74, 6) is 0. The van der Waals surface area contributed by atoms with Crippen molar-refractivity contribution in [3.8, 4) is 0 Å². The summed E-state index contributed by atoms with van der Waals surface area (Å²) in [7, 11) is -1.92. The van der Waals surface area contributed by atoms with E-state index in [1.165, 1.54) is 10.4 Å². The van der Waals surface area contributed by atoms with Crippen LogP contribution in [0.15, 0.2) is 41.8 Å². The summed E-state index contributed by atoms with van der Waals surface area (Å²) in [4.78, 5) is 0.168. The minimum atomic E-state index is -3.48. The van der Waals surface area contributed by atoms with Crippen LogP contribution in [0.4, 0.5) is 5.69 Å². The molecule has 0 unspecified atom stereocenters. The smallest absolute Gasteiger partial charge is 0.244 e. The minimum absolute atomic E-state index is 0.168. The molecule has 0 spiro atoms. The zero-order valence-electron chi connectivity index (χ0n) is 9.96. The van der Waals surface area contributed by atoms with Crippen LogP contribution >= 0.6 is 0 Å². The predicted molar refractivity (Wildman–Crippen MR) is 70.1 cm³/mol. The van der Waals surface area contributed by atoms with E-state index in [-0.39, 0.29) is 10.6 Å². The number of hydrogen-bond acceptors (Lipinski definition) is 3. The van der Waals surface area contributed by atoms with Gasteiger partial charge in [-0.25, -0.2) is 12.7 Å². The second-order valence-corrected chi connectivity index (χ2v) is 5.81. The van der Waals surface area contributed by atoms with Crippen molar-refractivity contribution in [1.82, 2.24) is 4.31 Å². The summed E-state index contributed by atoms with van der Waals surface area (Å²) in [6.45, 7) is 4.07. The highest BCUT2D eigenvalue weighted by atomic mass is 32.2. The van der Waals surface area contributed by atoms with Crippen LogP contribution in [-0.4, -0.2) is 26.3 Å². The third kappa shape index (κ3) is 3.31. The van der Waals surface area contributed by atoms with Crippen LogP contribution in [0.25, 0.3) is 0 Å². The fourth-order valence-corrected chi connectivity index (χ4v) is 2.78. The molecule has 0 fully saturated rings. The zero-order chi connectivity index (χ0) is 12.9. The van der Waals surface area contributed by atoms with Crippen LogP contribution in [0.2, 0.25) is 0 Å². The van der Waals surface area contributed by atoms with Gasteiger partial charge in [-0.1, -0.05) is 18.2 Å². The van der Waals surface area contributed by atoms with Crippen molar-refractivity contribution in [3.05, 3.63) is 36.9 Å². The number of nitrogens with two attached hydrogens (primary N) is 1. The molecule has 0 saturated heterocycles. The van der Waals surface area contributed by atoms with Crippen LogP contribution in [0.5, 0.6) is 0 Å². The number of allylic oxidation sites excluding steroid dienone is 1. The summed E-state index contributed by atoms with van der Waals surface area (Å²) < 4.78 is 25.7. The number of nitrogen functional groups attached to an aromatic ring is 1. The quantitative estimate of drug-likeness (QED) is 0.479. The standard InChI is InChI=1S/C12H18N2O2S/c1-3-4-7-10-14(2)17(15,16)12-9-6-5-8-11(12)13/h3,5-6,8-9H,1,4,7,10,13H2,2H3. The molecular weight excluding hydrogens is 236 g/mol. The number of anilines is 1. The Kier molecular flexibility index (Phi) is 4.72. The van der Waals surface area contributed by atoms with Crippen LogP contribution < -0.4 is 5.73 Å². The maximum absolute atomic E-state index is 12.2. The van der Waals surface area contributed by atoms with Gasteiger partial charge in [0.15, 0.2) is 0 Å². The maximum Gasteiger partial charge on any atom is 0.244 e. The second kappa shape index (κ2) is 5.84. The molecule has 0 radical (unpaired) electrons. The van der Waals surface area contributed by atoms with Gasteiger partial charge in [-0.2, -0.15) is 0 Å². The van der Waals surface area contributed by atoms with Gasteiger partial charge in [0, 0.05) is 13.6 Å². The Labute approximate surface area is 103 Å². The van der Waals surface area contributed by atoms with Crippen molar-refractivity contribution < 1.29 is 8.42 Å². The molecule has 4 nitrogen and oxygen atoms in total. The van der Waals surface area contributed by atoms with Gasteiger partial charge in [0.25, 0.3) is 0 Å². The van der Waals surface area contributed by atoms with E-state index in [0.29, 0.717) is 6.54 Å². The van der Waals surface area contributed by atoms with Gasteiger partial charge in [-0.15, -0.1) is 6.58 Å². The molecule has 0 bridgehead atoms. The molecule has 0 amide bonds. The lowest BCUT2D eigenvalue weighted by molar-refractivity contribution is 0.463. The summed E-state index contributed by atoms with van der Waals surface area (Å²) in [5, 5.41) is 0. The molecule has 0 aliphatic rings. The van der Waals surface area contributed by atoms with E-state index in [2.05, 4.69) is 6.58 Å². The van der Waals surface area contributed by atoms with Gasteiger partial charge in [-0.3, -0.25) is 0 Å². The molecule has 0 aromatic heterocycles. The number of sulfonamides is 1. The Morgan fingerprint density at radius 1 is 1.41 bits per heavy atom. The van der Waals surface area contributed by atoms with Gasteiger partial charge in [0.2, 0.25) is 10.0 Å². The molecule has 1 aromatic rings. The fourth-order valence-electron chi connectivity index (χ4n) is 1.46. The maximum atomic E-state index is 12.2. The topological polar surface area (TPSA) is 63.4 Å². The average molecular weight is 254 g/mol. The Bertz CT molecular complexity index is 483. The summed E-state index contributed by atoms with van der Waals surface area (Å²) >= 11 is 0. The Morgan fingerprint density at radius 2 is 2.06 bits per heavy atom. The first kappa shape index (κ1) is 13.7. The third-order valence-electron chi connectivity index (χ3n) is 2.49. The molecule has 17 heavy (non-hydrogen) atoms. The lowest BCUT2D eigenvalue weighted by Gasteiger charge is -2.17. The van der Waals surface area contributed by atoms with E-state index in [0.717, 1.165) is 12.8 Å². The summed E-state index contributed by atoms with van der Waals surface area (Å²) in [5.41, 5.74) is 5.96. The SMILES string of the molecule is C=CCCCN(C)S(=O)(=O)c1ccccc1N. The van der Waals surface area contributed by atoms with E-state index in [1.807, 2.05) is 0 Å². The fraction of sp³-hybridized carbons (Fsp3) is 0.333. The predicted octanol–water partition coefficient (Wildman–Crippen LogP) is 1.86. The molecular formula is C12H18N2O2S. The lowest BCUT2D eigenvalue weighted by atomic mass is 10.3. The first-order valence-corrected chi connectivity index (χ1v) is 6.86. The number of hydrogen-bond donors (Lipinski definition) is 1. The van der Waals surface area contributed by atoms with E-state index in [1.54, 1.807) is 31.3 Å². The molecule has 1 aromatic carbocycles. The van der Waals surface area contributed by atoms with E-state index >= 15 is 0 Å². The monoisotopic (exact) mass is 254 g/mol. The normalized spacial score (nSPS) is 11.6. The van der Waals surface area contributed by atoms with Gasteiger partial charge in [0.05, 0.1) is 5.69 Å². The van der Waals surface area contributed by atoms with Gasteiger partial charge in [0.1, 0.15) is 4.90 Å². The van der Waals surface area contributed by atoms with Crippen LogP contribution in [-0.2, 0) is 10.0 Å². The van der Waals surface area contributed by atoms with Crippen LogP contribution in [0.3, 0.4) is 0 Å². The molecule has 0 heterocycles. The number of para-hydroxylation sites is 1. The molecule has 2 N–H and O–H groups in total. The number of nitrogens with zero attached hydrogens (tertiary/aromatic N) is 1. The summed E-state index contributed by atoms with van der Waals surface area (Å²) in [6, 6.07) is 6.49. The Balaban J connectivity index is 2.88. The molecule has 94 valence electrons. The van der Waals surface area contributed by atoms with Crippen LogP contribution in [0, 0.1) is 0 Å². The third-order valence-corrected chi connectivity index (χ3v) is 4.42. The van der Waals surface area contributed by atoms with E-state index in [9.17, 15) is 8.42 Å². The van der Waals surface area contributed by atoms with Crippen molar-refractivity contribution in [3.63, 3.8) is 0 Å². The van der Waals surface area contributed by atoms with Gasteiger partial charge in [-0.05, 0) is 25.0 Å². The molecule has 0 aliphatic carbocycles. The highest BCUT2D eigenvalue weighted by Crippen LogP contribution is 2.20. The molecule has 0 aliphatic heterocycles. The number of unbranched alkanes of at least 4 members (excludes halogenated alkanes) is 1. The Hall–Kier alpha value is -1.33. The van der Waals surface area contributed by atoms with Crippen molar-refractivity contribution in [2.75, 3.05) is 19.3 Å². The highest BCUT2D eigenvalue weighted by molar-refractivity contribution is 7.89. The largest absolute Gasteiger partial charge is 0.398 e.